The maximum atomic E-state index is 11.2. The zero-order valence-electron chi connectivity index (χ0n) is 10.8. The first kappa shape index (κ1) is 12.0. The number of benzene rings is 1. The molecule has 0 bridgehead atoms. The third-order valence-corrected chi connectivity index (χ3v) is 3.36. The van der Waals surface area contributed by atoms with Crippen LogP contribution in [0.25, 0.3) is 10.9 Å². The van der Waals surface area contributed by atoms with Crippen LogP contribution < -0.4 is 10.1 Å². The summed E-state index contributed by atoms with van der Waals surface area (Å²) < 4.78 is 5.90. The number of carbonyl (C=O) groups excluding carboxylic acids is 1. The summed E-state index contributed by atoms with van der Waals surface area (Å²) in [6.07, 6.45) is 2.34. The monoisotopic (exact) mass is 256 g/mol. The van der Waals surface area contributed by atoms with E-state index in [-0.39, 0.29) is 11.8 Å². The van der Waals surface area contributed by atoms with E-state index in [4.69, 9.17) is 4.74 Å². The minimum absolute atomic E-state index is 0.115. The summed E-state index contributed by atoms with van der Waals surface area (Å²) in [4.78, 5) is 15.5. The second-order valence-corrected chi connectivity index (χ2v) is 5.02. The molecule has 2 heterocycles. The standard InChI is InChI=1S/C15H16N2O2/c1-10-5-13-12(3-2-4-16-13)14(6-10)19-9-11-7-15(18)17-8-11/h2-6,11H,7-9H2,1H3,(H,17,18). The Morgan fingerprint density at radius 3 is 3.16 bits per heavy atom. The van der Waals surface area contributed by atoms with Crippen LogP contribution in [0.4, 0.5) is 0 Å². The van der Waals surface area contributed by atoms with Crippen LogP contribution >= 0.6 is 0 Å². The lowest BCUT2D eigenvalue weighted by molar-refractivity contribution is -0.119. The van der Waals surface area contributed by atoms with Crippen molar-refractivity contribution in [2.24, 2.45) is 5.92 Å². The molecule has 3 rings (SSSR count). The van der Waals surface area contributed by atoms with Crippen LogP contribution in [0, 0.1) is 12.8 Å². The van der Waals surface area contributed by atoms with Crippen LogP contribution in [-0.4, -0.2) is 24.0 Å². The fourth-order valence-electron chi connectivity index (χ4n) is 2.39. The Kier molecular flexibility index (Phi) is 3.07. The Labute approximate surface area is 111 Å². The number of amides is 1. The van der Waals surface area contributed by atoms with Gasteiger partial charge in [-0.2, -0.15) is 0 Å². The Balaban J connectivity index is 1.82. The van der Waals surface area contributed by atoms with Crippen molar-refractivity contribution in [2.75, 3.05) is 13.2 Å². The highest BCUT2D eigenvalue weighted by Gasteiger charge is 2.22. The first-order valence-electron chi connectivity index (χ1n) is 6.47. The predicted octanol–water partition coefficient (Wildman–Crippen LogP) is 2.06. The summed E-state index contributed by atoms with van der Waals surface area (Å²) in [5.41, 5.74) is 2.07. The van der Waals surface area contributed by atoms with Crippen LogP contribution in [0.5, 0.6) is 5.75 Å². The lowest BCUT2D eigenvalue weighted by Crippen LogP contribution is -2.16. The van der Waals surface area contributed by atoms with E-state index in [2.05, 4.69) is 10.3 Å². The number of nitrogens with zero attached hydrogens (tertiary/aromatic N) is 1. The zero-order chi connectivity index (χ0) is 13.2. The molecule has 0 radical (unpaired) electrons. The highest BCUT2D eigenvalue weighted by atomic mass is 16.5. The maximum absolute atomic E-state index is 11.2. The Morgan fingerprint density at radius 2 is 2.37 bits per heavy atom. The van der Waals surface area contributed by atoms with E-state index < -0.39 is 0 Å². The van der Waals surface area contributed by atoms with Crippen LogP contribution in [0.3, 0.4) is 0 Å². The Hall–Kier alpha value is -2.10. The molecule has 1 unspecified atom stereocenters. The molecular formula is C15H16N2O2. The van der Waals surface area contributed by atoms with E-state index in [1.165, 1.54) is 0 Å². The van der Waals surface area contributed by atoms with Gasteiger partial charge in [0.05, 0.1) is 12.1 Å². The number of aromatic nitrogens is 1. The Bertz CT molecular complexity index is 625. The minimum Gasteiger partial charge on any atom is -0.492 e. The first-order valence-corrected chi connectivity index (χ1v) is 6.47. The van der Waals surface area contributed by atoms with Gasteiger partial charge in [0.15, 0.2) is 0 Å². The van der Waals surface area contributed by atoms with Crippen molar-refractivity contribution in [3.8, 4) is 5.75 Å². The third kappa shape index (κ3) is 2.52. The lowest BCUT2D eigenvalue weighted by Gasteiger charge is -2.13. The van der Waals surface area contributed by atoms with Crippen LogP contribution in [-0.2, 0) is 4.79 Å². The SMILES string of the molecule is Cc1cc(OCC2CNC(=O)C2)c2cccnc2c1. The first-order chi connectivity index (χ1) is 9.22. The van der Waals surface area contributed by atoms with E-state index in [9.17, 15) is 4.79 Å². The van der Waals surface area contributed by atoms with Crippen molar-refractivity contribution >= 4 is 16.8 Å². The molecule has 1 aromatic carbocycles. The van der Waals surface area contributed by atoms with Crippen molar-refractivity contribution in [1.82, 2.24) is 10.3 Å². The number of hydrogen-bond donors (Lipinski definition) is 1. The van der Waals surface area contributed by atoms with Crippen LogP contribution in [0.1, 0.15) is 12.0 Å². The van der Waals surface area contributed by atoms with Gasteiger partial charge in [-0.3, -0.25) is 9.78 Å². The van der Waals surface area contributed by atoms with Crippen LogP contribution in [0.2, 0.25) is 0 Å². The van der Waals surface area contributed by atoms with Gasteiger partial charge >= 0.3 is 0 Å². The lowest BCUT2D eigenvalue weighted by atomic mass is 10.1. The number of nitrogens with one attached hydrogen (secondary N) is 1. The predicted molar refractivity (Wildman–Crippen MR) is 73.1 cm³/mol. The van der Waals surface area contributed by atoms with Gasteiger partial charge in [0.1, 0.15) is 5.75 Å². The van der Waals surface area contributed by atoms with Gasteiger partial charge in [0.2, 0.25) is 5.91 Å². The van der Waals surface area contributed by atoms with E-state index in [1.807, 2.05) is 31.2 Å². The normalized spacial score (nSPS) is 18.6. The number of fused-ring (bicyclic) bond motifs is 1. The van der Waals surface area contributed by atoms with E-state index in [0.29, 0.717) is 19.6 Å². The van der Waals surface area contributed by atoms with E-state index in [1.54, 1.807) is 6.20 Å². The number of ether oxygens (including phenoxy) is 1. The molecule has 0 spiro atoms. The molecule has 1 aliphatic heterocycles. The second-order valence-electron chi connectivity index (χ2n) is 5.02. The molecule has 1 aromatic heterocycles. The molecule has 19 heavy (non-hydrogen) atoms. The van der Waals surface area contributed by atoms with Gasteiger partial charge in [-0.15, -0.1) is 0 Å². The molecule has 1 fully saturated rings. The fourth-order valence-corrected chi connectivity index (χ4v) is 2.39. The van der Waals surface area contributed by atoms with Crippen molar-refractivity contribution < 1.29 is 9.53 Å². The van der Waals surface area contributed by atoms with E-state index >= 15 is 0 Å². The van der Waals surface area contributed by atoms with Gasteiger partial charge in [0, 0.05) is 30.5 Å². The third-order valence-electron chi connectivity index (χ3n) is 3.36. The molecule has 2 aromatic rings. The molecule has 1 N–H and O–H groups in total. The quantitative estimate of drug-likeness (QED) is 0.914. The number of pyridine rings is 1. The molecule has 1 atom stereocenters. The summed E-state index contributed by atoms with van der Waals surface area (Å²) in [6.45, 7) is 3.30. The highest BCUT2D eigenvalue weighted by Crippen LogP contribution is 2.26. The summed E-state index contributed by atoms with van der Waals surface area (Å²) in [5, 5.41) is 3.84. The molecule has 1 amide bonds. The molecule has 4 nitrogen and oxygen atoms in total. The van der Waals surface area contributed by atoms with Gasteiger partial charge in [-0.1, -0.05) is 0 Å². The van der Waals surface area contributed by atoms with Gasteiger partial charge in [-0.25, -0.2) is 0 Å². The van der Waals surface area contributed by atoms with Gasteiger partial charge < -0.3 is 10.1 Å². The topological polar surface area (TPSA) is 51.2 Å². The average Bonchev–Trinajstić information content (AvgIpc) is 2.81. The molecule has 4 heteroatoms. The van der Waals surface area contributed by atoms with Crippen LogP contribution in [0.15, 0.2) is 30.5 Å². The molecule has 1 saturated heterocycles. The molecular weight excluding hydrogens is 240 g/mol. The largest absolute Gasteiger partial charge is 0.492 e. The number of rotatable bonds is 3. The van der Waals surface area contributed by atoms with Crippen molar-refractivity contribution in [3.05, 3.63) is 36.0 Å². The minimum atomic E-state index is 0.115. The fraction of sp³-hybridized carbons (Fsp3) is 0.333. The number of carbonyl (C=O) groups is 1. The Morgan fingerprint density at radius 1 is 1.47 bits per heavy atom. The van der Waals surface area contributed by atoms with Crippen molar-refractivity contribution in [1.29, 1.82) is 0 Å². The van der Waals surface area contributed by atoms with Crippen molar-refractivity contribution in [3.63, 3.8) is 0 Å². The smallest absolute Gasteiger partial charge is 0.220 e. The molecule has 0 saturated carbocycles. The molecule has 98 valence electrons. The summed E-state index contributed by atoms with van der Waals surface area (Å²) in [7, 11) is 0. The average molecular weight is 256 g/mol. The number of hydrogen-bond acceptors (Lipinski definition) is 3. The number of aryl methyl sites for hydroxylation is 1. The highest BCUT2D eigenvalue weighted by molar-refractivity contribution is 5.85. The molecule has 0 aliphatic carbocycles. The molecule has 1 aliphatic rings. The summed E-state index contributed by atoms with van der Waals surface area (Å²) >= 11 is 0. The summed E-state index contributed by atoms with van der Waals surface area (Å²) in [6, 6.07) is 7.98. The summed E-state index contributed by atoms with van der Waals surface area (Å²) in [5.74, 6) is 1.23. The van der Waals surface area contributed by atoms with E-state index in [0.717, 1.165) is 22.2 Å². The maximum Gasteiger partial charge on any atom is 0.220 e. The van der Waals surface area contributed by atoms with Gasteiger partial charge in [0.25, 0.3) is 0 Å². The van der Waals surface area contributed by atoms with Gasteiger partial charge in [-0.05, 0) is 36.8 Å². The second kappa shape index (κ2) is 4.88. The van der Waals surface area contributed by atoms with Crippen molar-refractivity contribution in [2.45, 2.75) is 13.3 Å². The zero-order valence-corrected chi connectivity index (χ0v) is 10.8.